The molecule has 1 aromatic carbocycles. The van der Waals surface area contributed by atoms with E-state index in [9.17, 15) is 24.6 Å². The third-order valence-electron chi connectivity index (χ3n) is 5.84. The molecule has 1 aromatic rings. The summed E-state index contributed by atoms with van der Waals surface area (Å²) in [6.07, 6.45) is 1.99. The molecule has 2 N–H and O–H groups in total. The number of imide groups is 1. The number of benzene rings is 1. The first kappa shape index (κ1) is 22.9. The quantitative estimate of drug-likeness (QED) is 0.489. The highest BCUT2D eigenvalue weighted by molar-refractivity contribution is 6.23. The monoisotopic (exact) mass is 426 g/mol. The molecule has 166 valence electrons. The molecule has 7 heteroatoms. The van der Waals surface area contributed by atoms with E-state index in [2.05, 4.69) is 4.99 Å². The number of hydrogen-bond acceptors (Lipinski definition) is 6. The lowest BCUT2D eigenvalue weighted by Crippen LogP contribution is -2.32. The molecule has 1 aliphatic heterocycles. The van der Waals surface area contributed by atoms with Crippen molar-refractivity contribution < 1.29 is 24.6 Å². The molecular formula is C24H30N2O5. The fraction of sp³-hybridized carbons (Fsp3) is 0.500. The number of hydrogen-bond donors (Lipinski definition) is 2. The van der Waals surface area contributed by atoms with Crippen LogP contribution in [0.5, 0.6) is 0 Å². The summed E-state index contributed by atoms with van der Waals surface area (Å²) in [5.74, 6) is -0.786. The summed E-state index contributed by atoms with van der Waals surface area (Å²) < 4.78 is 0. The number of carbonyl (C=O) groups excluding carboxylic acids is 3. The van der Waals surface area contributed by atoms with Gasteiger partial charge in [-0.2, -0.15) is 0 Å². The molecule has 2 amide bonds. The van der Waals surface area contributed by atoms with Crippen molar-refractivity contribution in [3.63, 3.8) is 0 Å². The maximum absolute atomic E-state index is 12.8. The van der Waals surface area contributed by atoms with Crippen LogP contribution in [0.3, 0.4) is 0 Å². The molecule has 1 heterocycles. The summed E-state index contributed by atoms with van der Waals surface area (Å²) >= 11 is 0. The fourth-order valence-electron chi connectivity index (χ4n) is 4.20. The van der Waals surface area contributed by atoms with Crippen LogP contribution in [0.4, 0.5) is 0 Å². The van der Waals surface area contributed by atoms with Gasteiger partial charge in [0.1, 0.15) is 5.76 Å². The third kappa shape index (κ3) is 4.77. The molecule has 0 saturated heterocycles. The van der Waals surface area contributed by atoms with Gasteiger partial charge in [0, 0.05) is 25.1 Å². The number of ketones is 1. The second-order valence-electron chi connectivity index (χ2n) is 8.99. The number of aliphatic imine (C=N–C) groups is 1. The second-order valence-corrected chi connectivity index (χ2v) is 8.99. The minimum atomic E-state index is -0.377. The minimum Gasteiger partial charge on any atom is -0.511 e. The van der Waals surface area contributed by atoms with Gasteiger partial charge in [-0.25, -0.2) is 0 Å². The molecule has 0 spiro atoms. The first-order valence-corrected chi connectivity index (χ1v) is 10.8. The van der Waals surface area contributed by atoms with Gasteiger partial charge in [0.2, 0.25) is 0 Å². The van der Waals surface area contributed by atoms with Gasteiger partial charge in [0.25, 0.3) is 11.8 Å². The number of aliphatic hydroxyl groups excluding tert-OH is 2. The van der Waals surface area contributed by atoms with Crippen molar-refractivity contribution in [1.29, 1.82) is 0 Å². The van der Waals surface area contributed by atoms with Gasteiger partial charge in [-0.15, -0.1) is 0 Å². The standard InChI is InChI=1S/C24H30N2O5/c1-4-15(14-27)25-18(21-19(28)12-24(2,3)13-20(21)29)10-7-11-26-22(30)16-8-5-6-9-17(16)23(26)31/h5-6,8-9,15,27-28H,4,7,10-14H2,1-3H3/t15-/m1/s1. The molecule has 2 aliphatic rings. The maximum atomic E-state index is 12.8. The van der Waals surface area contributed by atoms with Crippen LogP contribution in [-0.2, 0) is 4.79 Å². The zero-order chi connectivity index (χ0) is 22.8. The molecule has 1 aliphatic carbocycles. The second kappa shape index (κ2) is 9.14. The Morgan fingerprint density at radius 2 is 1.74 bits per heavy atom. The highest BCUT2D eigenvalue weighted by Gasteiger charge is 2.37. The Hall–Kier alpha value is -2.80. The lowest BCUT2D eigenvalue weighted by Gasteiger charge is -2.30. The number of Topliss-reactive ketones (excluding diaryl/α,β-unsaturated/α-hetero) is 1. The van der Waals surface area contributed by atoms with E-state index in [1.807, 2.05) is 20.8 Å². The predicted octanol–water partition coefficient (Wildman–Crippen LogP) is 3.48. The molecule has 31 heavy (non-hydrogen) atoms. The van der Waals surface area contributed by atoms with Crippen molar-refractivity contribution >= 4 is 23.3 Å². The number of aliphatic hydroxyl groups is 2. The van der Waals surface area contributed by atoms with E-state index in [0.717, 1.165) is 0 Å². The summed E-state index contributed by atoms with van der Waals surface area (Å²) in [6, 6.07) is 6.35. The van der Waals surface area contributed by atoms with Crippen LogP contribution in [0.2, 0.25) is 0 Å². The van der Waals surface area contributed by atoms with Crippen molar-refractivity contribution in [3.05, 3.63) is 46.7 Å². The Morgan fingerprint density at radius 3 is 2.26 bits per heavy atom. The van der Waals surface area contributed by atoms with E-state index in [-0.39, 0.29) is 53.5 Å². The first-order chi connectivity index (χ1) is 14.7. The van der Waals surface area contributed by atoms with Crippen LogP contribution < -0.4 is 0 Å². The highest BCUT2D eigenvalue weighted by Crippen LogP contribution is 2.37. The average molecular weight is 427 g/mol. The third-order valence-corrected chi connectivity index (χ3v) is 5.84. The number of carbonyl (C=O) groups is 3. The number of nitrogens with zero attached hydrogens (tertiary/aromatic N) is 2. The molecule has 0 unspecified atom stereocenters. The van der Waals surface area contributed by atoms with Gasteiger partial charge in [0.15, 0.2) is 5.78 Å². The van der Waals surface area contributed by atoms with Crippen molar-refractivity contribution in [2.24, 2.45) is 10.4 Å². The maximum Gasteiger partial charge on any atom is 0.261 e. The Balaban J connectivity index is 1.79. The zero-order valence-corrected chi connectivity index (χ0v) is 18.4. The van der Waals surface area contributed by atoms with Gasteiger partial charge < -0.3 is 10.2 Å². The Kier molecular flexibility index (Phi) is 6.74. The lowest BCUT2D eigenvalue weighted by atomic mass is 9.75. The Labute approximate surface area is 182 Å². The molecule has 0 fully saturated rings. The van der Waals surface area contributed by atoms with E-state index in [0.29, 0.717) is 48.9 Å². The number of amides is 2. The van der Waals surface area contributed by atoms with Gasteiger partial charge >= 0.3 is 0 Å². The molecule has 0 saturated carbocycles. The van der Waals surface area contributed by atoms with Crippen molar-refractivity contribution in [3.8, 4) is 0 Å². The Bertz CT molecular complexity index is 921. The van der Waals surface area contributed by atoms with Crippen molar-refractivity contribution in [2.75, 3.05) is 13.2 Å². The smallest absolute Gasteiger partial charge is 0.261 e. The molecule has 3 rings (SSSR count). The highest BCUT2D eigenvalue weighted by atomic mass is 16.3. The Morgan fingerprint density at radius 1 is 1.13 bits per heavy atom. The molecule has 0 bridgehead atoms. The summed E-state index contributed by atoms with van der Waals surface area (Å²) in [4.78, 5) is 43.7. The topological polar surface area (TPSA) is 107 Å². The molecule has 0 aromatic heterocycles. The lowest BCUT2D eigenvalue weighted by molar-refractivity contribution is -0.118. The SMILES string of the molecule is CC[C@H](CO)N=C(CCCN1C(=O)c2ccccc2C1=O)C1=C(O)CC(C)(C)CC1=O. The van der Waals surface area contributed by atoms with Crippen LogP contribution in [0.25, 0.3) is 0 Å². The van der Waals surface area contributed by atoms with Crippen LogP contribution in [-0.4, -0.2) is 57.6 Å². The van der Waals surface area contributed by atoms with Crippen molar-refractivity contribution in [1.82, 2.24) is 4.90 Å². The van der Waals surface area contributed by atoms with E-state index in [1.54, 1.807) is 24.3 Å². The van der Waals surface area contributed by atoms with E-state index >= 15 is 0 Å². The van der Waals surface area contributed by atoms with Crippen LogP contribution in [0, 0.1) is 5.41 Å². The zero-order valence-electron chi connectivity index (χ0n) is 18.4. The van der Waals surface area contributed by atoms with Crippen LogP contribution in [0.15, 0.2) is 40.6 Å². The van der Waals surface area contributed by atoms with Gasteiger partial charge in [0.05, 0.1) is 29.3 Å². The largest absolute Gasteiger partial charge is 0.511 e. The van der Waals surface area contributed by atoms with Crippen LogP contribution in [0.1, 0.15) is 73.6 Å². The summed E-state index contributed by atoms with van der Waals surface area (Å²) in [7, 11) is 0. The minimum absolute atomic E-state index is 0.0218. The molecule has 1 atom stereocenters. The molecule has 7 nitrogen and oxygen atoms in total. The van der Waals surface area contributed by atoms with Gasteiger partial charge in [-0.3, -0.25) is 24.3 Å². The summed E-state index contributed by atoms with van der Waals surface area (Å²) in [6.45, 7) is 5.78. The number of fused-ring (bicyclic) bond motifs is 1. The molecular weight excluding hydrogens is 396 g/mol. The average Bonchev–Trinajstić information content (AvgIpc) is 2.95. The number of allylic oxidation sites excluding steroid dienone is 2. The number of rotatable bonds is 8. The van der Waals surface area contributed by atoms with E-state index in [4.69, 9.17) is 0 Å². The van der Waals surface area contributed by atoms with Gasteiger partial charge in [-0.05, 0) is 36.8 Å². The predicted molar refractivity (Wildman–Crippen MR) is 117 cm³/mol. The van der Waals surface area contributed by atoms with Crippen molar-refractivity contribution in [2.45, 2.75) is 58.9 Å². The summed E-state index contributed by atoms with van der Waals surface area (Å²) in [5.41, 5.74) is 1.15. The fourth-order valence-corrected chi connectivity index (χ4v) is 4.20. The van der Waals surface area contributed by atoms with Crippen LogP contribution >= 0.6 is 0 Å². The van der Waals surface area contributed by atoms with Gasteiger partial charge in [-0.1, -0.05) is 32.9 Å². The molecule has 0 radical (unpaired) electrons. The van der Waals surface area contributed by atoms with E-state index in [1.165, 1.54) is 4.90 Å². The normalized spacial score (nSPS) is 19.8. The summed E-state index contributed by atoms with van der Waals surface area (Å²) in [5, 5.41) is 20.2. The van der Waals surface area contributed by atoms with E-state index < -0.39 is 0 Å². The first-order valence-electron chi connectivity index (χ1n) is 10.8.